The van der Waals surface area contributed by atoms with Gasteiger partial charge in [-0.2, -0.15) is 5.26 Å². The molecule has 3 heterocycles. The monoisotopic (exact) mass is 555 g/mol. The minimum absolute atomic E-state index is 0.0347. The number of nitrogens with zero attached hydrogens (tertiary/aromatic N) is 2. The molecule has 0 unspecified atom stereocenters. The lowest BCUT2D eigenvalue weighted by Crippen LogP contribution is -2.57. The molecule has 1 fully saturated rings. The van der Waals surface area contributed by atoms with Crippen LogP contribution in [0, 0.1) is 11.3 Å². The Labute approximate surface area is 203 Å². The van der Waals surface area contributed by atoms with Crippen LogP contribution in [-0.4, -0.2) is 21.9 Å². The number of hydrogen-bond donors (Lipinski definition) is 1. The molecule has 2 aliphatic rings. The summed E-state index contributed by atoms with van der Waals surface area (Å²) < 4.78 is 4.27. The third-order valence-electron chi connectivity index (χ3n) is 6.15. The van der Waals surface area contributed by atoms with Crippen molar-refractivity contribution in [3.63, 3.8) is 0 Å². The zero-order valence-corrected chi connectivity index (χ0v) is 21.6. The van der Waals surface area contributed by atoms with Crippen molar-refractivity contribution in [2.75, 3.05) is 7.05 Å². The Morgan fingerprint density at radius 2 is 2.03 bits per heavy atom. The van der Waals surface area contributed by atoms with Gasteiger partial charge >= 0.3 is 0 Å². The summed E-state index contributed by atoms with van der Waals surface area (Å²) in [5, 5.41) is 15.0. The molecule has 2 atom stereocenters. The zero-order chi connectivity index (χ0) is 23.0. The highest BCUT2D eigenvalue weighted by Gasteiger charge is 2.48. The first-order valence-electron chi connectivity index (χ1n) is 10.5. The zero-order valence-electron chi connectivity index (χ0n) is 18.6. The number of hydrogen-bond acceptors (Lipinski definition) is 4. The number of rotatable bonds is 4. The van der Waals surface area contributed by atoms with E-state index in [-0.39, 0.29) is 32.6 Å². The van der Waals surface area contributed by atoms with Gasteiger partial charge in [-0.25, -0.2) is 0 Å². The number of halogens is 1. The molecule has 0 bridgehead atoms. The first-order valence-corrected chi connectivity index (χ1v) is 13.8. The maximum atomic E-state index is 13.5. The summed E-state index contributed by atoms with van der Waals surface area (Å²) in [5.74, 6) is 0.698. The van der Waals surface area contributed by atoms with Crippen LogP contribution in [0.2, 0.25) is 0 Å². The maximum Gasteiger partial charge on any atom is 0.238 e. The third-order valence-corrected chi connectivity index (χ3v) is 9.37. The van der Waals surface area contributed by atoms with E-state index < -0.39 is 5.54 Å². The molecule has 164 valence electrons. The van der Waals surface area contributed by atoms with Crippen molar-refractivity contribution < 1.29 is 4.79 Å². The predicted octanol–water partition coefficient (Wildman–Crippen LogP) is 5.98. The minimum Gasteiger partial charge on any atom is -0.361 e. The van der Waals surface area contributed by atoms with Gasteiger partial charge in [0, 0.05) is 11.9 Å². The van der Waals surface area contributed by atoms with Gasteiger partial charge in [0.2, 0.25) is 5.91 Å². The Morgan fingerprint density at radius 1 is 1.31 bits per heavy atom. The van der Waals surface area contributed by atoms with Crippen LogP contribution in [0.5, 0.6) is 0 Å². The Kier molecular flexibility index (Phi) is 6.24. The van der Waals surface area contributed by atoms with Crippen molar-refractivity contribution in [2.24, 2.45) is 0 Å². The van der Waals surface area contributed by atoms with Gasteiger partial charge in [0.25, 0.3) is 0 Å². The normalized spacial score (nSPS) is 23.2. The summed E-state index contributed by atoms with van der Waals surface area (Å²) in [6.45, 7) is 10.5. The van der Waals surface area contributed by atoms with E-state index in [1.165, 1.54) is 5.56 Å². The summed E-state index contributed by atoms with van der Waals surface area (Å²) in [4.78, 5) is 16.2. The molecule has 1 aromatic carbocycles. The second-order valence-electron chi connectivity index (χ2n) is 8.64. The van der Waals surface area contributed by atoms with E-state index in [4.69, 9.17) is 0 Å². The largest absolute Gasteiger partial charge is 0.361 e. The molecule has 4 rings (SSSR count). The van der Waals surface area contributed by atoms with Crippen LogP contribution in [0.15, 0.2) is 63.8 Å². The average Bonchev–Trinajstić information content (AvgIpc) is 3.29. The van der Waals surface area contributed by atoms with Gasteiger partial charge in [0.05, 0.1) is 23.1 Å². The van der Waals surface area contributed by atoms with Crippen molar-refractivity contribution in [2.45, 2.75) is 38.1 Å². The number of benzene rings is 1. The molecule has 0 aliphatic carbocycles. The summed E-state index contributed by atoms with van der Waals surface area (Å²) in [5.41, 5.74) is 4.55. The van der Waals surface area contributed by atoms with E-state index in [1.54, 1.807) is 23.3 Å². The average molecular weight is 555 g/mol. The minimum atomic E-state index is -0.624. The molecule has 1 N–H and O–H groups in total. The molecule has 1 saturated heterocycles. The number of amides is 1. The van der Waals surface area contributed by atoms with Gasteiger partial charge in [-0.15, -0.1) is 11.3 Å². The Balaban J connectivity index is 1.77. The van der Waals surface area contributed by atoms with Gasteiger partial charge in [0.1, 0.15) is 5.82 Å². The van der Waals surface area contributed by atoms with E-state index in [9.17, 15) is 10.1 Å². The van der Waals surface area contributed by atoms with E-state index >= 15 is 0 Å². The third kappa shape index (κ3) is 4.00. The summed E-state index contributed by atoms with van der Waals surface area (Å²) >= 11 is 1.39. The summed E-state index contributed by atoms with van der Waals surface area (Å²) in [7, 11) is 1.77. The van der Waals surface area contributed by atoms with Crippen LogP contribution in [0.4, 0.5) is 0 Å². The summed E-state index contributed by atoms with van der Waals surface area (Å²) in [6, 6.07) is 12.8. The molecule has 2 aliphatic heterocycles. The van der Waals surface area contributed by atoms with Crippen LogP contribution in [0.3, 0.4) is 0 Å². The Hall–Kier alpha value is -2.50. The number of thiophene rings is 1. The van der Waals surface area contributed by atoms with Gasteiger partial charge in [0.15, 0.2) is 0 Å². The topological polar surface area (TPSA) is 56.1 Å². The van der Waals surface area contributed by atoms with Gasteiger partial charge < -0.3 is 10.2 Å². The first-order chi connectivity index (χ1) is 15.2. The predicted molar refractivity (Wildman–Crippen MR) is 142 cm³/mol. The molecular formula is C26H26IN3OS. The van der Waals surface area contributed by atoms with E-state index in [1.807, 2.05) is 10.1 Å². The highest BCUT2D eigenvalue weighted by molar-refractivity contribution is 14.2. The first kappa shape index (κ1) is 22.7. The van der Waals surface area contributed by atoms with Crippen LogP contribution >= 0.6 is 32.1 Å². The van der Waals surface area contributed by atoms with Crippen molar-refractivity contribution in [3.05, 3.63) is 85.4 Å². The molecule has 1 aromatic heterocycles. The summed E-state index contributed by atoms with van der Waals surface area (Å²) in [6.07, 6.45) is 1.95. The Bertz CT molecular complexity index is 1210. The molecule has 6 heteroatoms. The molecule has 0 saturated carbocycles. The molecule has 0 radical (unpaired) electrons. The maximum absolute atomic E-state index is 13.5. The lowest BCUT2D eigenvalue weighted by Gasteiger charge is -2.46. The van der Waals surface area contributed by atoms with Crippen molar-refractivity contribution in [3.8, 4) is 6.07 Å². The fraction of sp³-hybridized carbons (Fsp3) is 0.269. The number of allylic oxidation sites excluding steroid dienone is 3. The lowest BCUT2D eigenvalue weighted by molar-refractivity contribution is -0.134. The molecule has 4 nitrogen and oxygen atoms in total. The fourth-order valence-corrected chi connectivity index (χ4v) is 7.02. The Morgan fingerprint density at radius 3 is 2.69 bits per heavy atom. The van der Waals surface area contributed by atoms with Crippen LogP contribution in [0.25, 0.3) is 5.57 Å². The molecule has 0 spiro atoms. The van der Waals surface area contributed by atoms with Gasteiger partial charge in [-0.1, -0.05) is 65.4 Å². The van der Waals surface area contributed by atoms with E-state index in [0.29, 0.717) is 11.7 Å². The van der Waals surface area contributed by atoms with Crippen molar-refractivity contribution >= 4 is 47.6 Å². The standard InChI is InChI=1S/C26H26IN3OS/c1-16(2)19-6-8-20(9-7-19)24-25(31)30(5)17(3)29-26(24,4)23-11-22(15-32-23)21-10-18(14-28)12-27-13-21/h6-13,15-16,24,29H,3H2,1-2,4-5H3/t24-,26+/m0/s1. The second kappa shape index (κ2) is 8.80. The quantitative estimate of drug-likeness (QED) is 0.473. The van der Waals surface area contributed by atoms with Crippen LogP contribution < -0.4 is 5.32 Å². The van der Waals surface area contributed by atoms with E-state index in [2.05, 4.69) is 78.5 Å². The number of nitriles is 1. The number of nitrogens with one attached hydrogen (secondary N) is 1. The smallest absolute Gasteiger partial charge is 0.238 e. The van der Waals surface area contributed by atoms with E-state index in [0.717, 1.165) is 27.2 Å². The molecular weight excluding hydrogens is 529 g/mol. The highest BCUT2D eigenvalue weighted by Crippen LogP contribution is 2.45. The van der Waals surface area contributed by atoms with Crippen LogP contribution in [-0.2, 0) is 10.3 Å². The van der Waals surface area contributed by atoms with Crippen molar-refractivity contribution in [1.82, 2.24) is 10.2 Å². The molecule has 1 amide bonds. The fourth-order valence-electron chi connectivity index (χ4n) is 4.14. The molecule has 32 heavy (non-hydrogen) atoms. The second-order valence-corrected chi connectivity index (χ2v) is 11.5. The van der Waals surface area contributed by atoms with Crippen molar-refractivity contribution in [1.29, 1.82) is 5.26 Å². The number of likely N-dealkylation sites (N-methyl/N-ethyl adjacent to an activating group) is 1. The van der Waals surface area contributed by atoms with Gasteiger partial charge in [-0.3, -0.25) is 4.79 Å². The van der Waals surface area contributed by atoms with Gasteiger partial charge in [-0.05, 0) is 60.7 Å². The number of carbonyl (C=O) groups is 1. The SMILES string of the molecule is C=C1N[C@](C)(c2cc(C3=CI=CC(C#N)=C3)cs2)[C@@H](c2ccc(C(C)C)cc2)C(=O)N1C. The highest BCUT2D eigenvalue weighted by atomic mass is 127. The lowest BCUT2D eigenvalue weighted by atomic mass is 9.76. The molecule has 2 aromatic rings. The number of carbonyl (C=O) groups excluding carboxylic acids is 1. The van der Waals surface area contributed by atoms with Crippen LogP contribution in [0.1, 0.15) is 54.2 Å².